The molecule has 0 fully saturated rings. The summed E-state index contributed by atoms with van der Waals surface area (Å²) in [7, 11) is 1.84. The molecule has 2 N–H and O–H groups in total. The normalized spacial score (nSPS) is 12.2. The highest BCUT2D eigenvalue weighted by Gasteiger charge is 2.09. The summed E-state index contributed by atoms with van der Waals surface area (Å²) >= 11 is 0. The topological polar surface area (TPSA) is 50.4 Å². The Labute approximate surface area is 121 Å². The SMILES string of the molecule is CNCCC(=O)NC(C)c1ccc(OCC(C)C)cc1. The number of hydrogen-bond acceptors (Lipinski definition) is 3. The van der Waals surface area contributed by atoms with E-state index in [2.05, 4.69) is 24.5 Å². The van der Waals surface area contributed by atoms with E-state index in [0.29, 0.717) is 18.9 Å². The quantitative estimate of drug-likeness (QED) is 0.768. The number of amides is 1. The first-order chi connectivity index (χ1) is 9.52. The minimum absolute atomic E-state index is 0.0125. The van der Waals surface area contributed by atoms with Crippen molar-refractivity contribution in [3.8, 4) is 5.75 Å². The van der Waals surface area contributed by atoms with Crippen molar-refractivity contribution in [1.82, 2.24) is 10.6 Å². The maximum Gasteiger partial charge on any atom is 0.221 e. The number of hydrogen-bond donors (Lipinski definition) is 2. The van der Waals surface area contributed by atoms with Gasteiger partial charge in [-0.2, -0.15) is 0 Å². The Kier molecular flexibility index (Phi) is 7.09. The van der Waals surface area contributed by atoms with Gasteiger partial charge < -0.3 is 15.4 Å². The standard InChI is InChI=1S/C16H26N2O2/c1-12(2)11-20-15-7-5-14(6-8-15)13(3)18-16(19)9-10-17-4/h5-8,12-13,17H,9-11H2,1-4H3,(H,18,19). The summed E-state index contributed by atoms with van der Waals surface area (Å²) in [6, 6.07) is 7.91. The van der Waals surface area contributed by atoms with Crippen LogP contribution in [-0.2, 0) is 4.79 Å². The van der Waals surface area contributed by atoms with Gasteiger partial charge >= 0.3 is 0 Å². The average Bonchev–Trinajstić information content (AvgIpc) is 2.43. The molecule has 0 heterocycles. The third kappa shape index (κ3) is 6.06. The zero-order valence-corrected chi connectivity index (χ0v) is 12.9. The van der Waals surface area contributed by atoms with Gasteiger partial charge in [-0.15, -0.1) is 0 Å². The molecule has 0 bridgehead atoms. The Morgan fingerprint density at radius 1 is 1.20 bits per heavy atom. The molecular weight excluding hydrogens is 252 g/mol. The van der Waals surface area contributed by atoms with E-state index in [1.807, 2.05) is 38.2 Å². The van der Waals surface area contributed by atoms with Gasteiger partial charge in [0.1, 0.15) is 5.75 Å². The molecule has 0 aliphatic rings. The van der Waals surface area contributed by atoms with E-state index in [9.17, 15) is 4.79 Å². The van der Waals surface area contributed by atoms with Crippen molar-refractivity contribution in [3.05, 3.63) is 29.8 Å². The number of carbonyl (C=O) groups is 1. The fourth-order valence-electron chi connectivity index (χ4n) is 1.75. The Bertz CT molecular complexity index is 401. The summed E-state index contributed by atoms with van der Waals surface area (Å²) in [4.78, 5) is 11.7. The molecule has 4 nitrogen and oxygen atoms in total. The van der Waals surface area contributed by atoms with Gasteiger partial charge in [-0.25, -0.2) is 0 Å². The molecule has 1 aromatic rings. The maximum atomic E-state index is 11.7. The van der Waals surface area contributed by atoms with Crippen molar-refractivity contribution in [1.29, 1.82) is 0 Å². The van der Waals surface area contributed by atoms with Crippen LogP contribution < -0.4 is 15.4 Å². The molecule has 0 saturated heterocycles. The predicted molar refractivity (Wildman–Crippen MR) is 81.9 cm³/mol. The van der Waals surface area contributed by atoms with Crippen LogP contribution in [-0.4, -0.2) is 26.1 Å². The van der Waals surface area contributed by atoms with Gasteiger partial charge in [0, 0.05) is 13.0 Å². The van der Waals surface area contributed by atoms with Crippen molar-refractivity contribution >= 4 is 5.91 Å². The van der Waals surface area contributed by atoms with Crippen LogP contribution in [0.3, 0.4) is 0 Å². The van der Waals surface area contributed by atoms with Gasteiger partial charge in [-0.1, -0.05) is 26.0 Å². The average molecular weight is 278 g/mol. The van der Waals surface area contributed by atoms with Gasteiger partial charge in [-0.3, -0.25) is 4.79 Å². The number of ether oxygens (including phenoxy) is 1. The second-order valence-corrected chi connectivity index (χ2v) is 5.42. The molecule has 1 amide bonds. The van der Waals surface area contributed by atoms with Gasteiger partial charge in [0.25, 0.3) is 0 Å². The second-order valence-electron chi connectivity index (χ2n) is 5.42. The lowest BCUT2D eigenvalue weighted by atomic mass is 10.1. The Morgan fingerprint density at radius 3 is 2.40 bits per heavy atom. The van der Waals surface area contributed by atoms with E-state index in [1.165, 1.54) is 0 Å². The molecule has 0 aliphatic carbocycles. The van der Waals surface area contributed by atoms with Crippen LogP contribution in [0.2, 0.25) is 0 Å². The zero-order valence-electron chi connectivity index (χ0n) is 12.9. The molecule has 0 aliphatic heterocycles. The van der Waals surface area contributed by atoms with E-state index < -0.39 is 0 Å². The number of rotatable bonds is 8. The summed E-state index contributed by atoms with van der Waals surface area (Å²) in [5.41, 5.74) is 1.08. The van der Waals surface area contributed by atoms with Gasteiger partial charge in [0.15, 0.2) is 0 Å². The maximum absolute atomic E-state index is 11.7. The lowest BCUT2D eigenvalue weighted by Crippen LogP contribution is -2.29. The molecule has 112 valence electrons. The molecule has 20 heavy (non-hydrogen) atoms. The zero-order chi connectivity index (χ0) is 15.0. The molecule has 1 unspecified atom stereocenters. The predicted octanol–water partition coefficient (Wildman–Crippen LogP) is 2.51. The molecule has 4 heteroatoms. The summed E-state index contributed by atoms with van der Waals surface area (Å²) in [5, 5.41) is 5.95. The van der Waals surface area contributed by atoms with Crippen molar-refractivity contribution < 1.29 is 9.53 Å². The first-order valence-electron chi connectivity index (χ1n) is 7.19. The van der Waals surface area contributed by atoms with Crippen molar-refractivity contribution in [2.24, 2.45) is 5.92 Å². The summed E-state index contributed by atoms with van der Waals surface area (Å²) < 4.78 is 5.64. The van der Waals surface area contributed by atoms with Crippen LogP contribution in [0.15, 0.2) is 24.3 Å². The van der Waals surface area contributed by atoms with E-state index in [-0.39, 0.29) is 11.9 Å². The number of benzene rings is 1. The molecule has 0 spiro atoms. The minimum Gasteiger partial charge on any atom is -0.493 e. The van der Waals surface area contributed by atoms with Crippen molar-refractivity contribution in [3.63, 3.8) is 0 Å². The highest BCUT2D eigenvalue weighted by atomic mass is 16.5. The fraction of sp³-hybridized carbons (Fsp3) is 0.562. The lowest BCUT2D eigenvalue weighted by molar-refractivity contribution is -0.121. The largest absolute Gasteiger partial charge is 0.493 e. The Morgan fingerprint density at radius 2 is 1.85 bits per heavy atom. The Hall–Kier alpha value is -1.55. The summed E-state index contributed by atoms with van der Waals surface area (Å²) in [6.07, 6.45) is 0.496. The van der Waals surface area contributed by atoms with E-state index in [4.69, 9.17) is 4.74 Å². The summed E-state index contributed by atoms with van der Waals surface area (Å²) in [5.74, 6) is 1.45. The van der Waals surface area contributed by atoms with Crippen LogP contribution >= 0.6 is 0 Å². The van der Waals surface area contributed by atoms with Crippen molar-refractivity contribution in [2.45, 2.75) is 33.2 Å². The smallest absolute Gasteiger partial charge is 0.221 e. The molecule has 1 aromatic carbocycles. The molecule has 0 aromatic heterocycles. The number of carbonyl (C=O) groups excluding carboxylic acids is 1. The first kappa shape index (κ1) is 16.5. The molecule has 1 atom stereocenters. The third-order valence-corrected chi connectivity index (χ3v) is 2.94. The van der Waals surface area contributed by atoms with E-state index in [0.717, 1.165) is 17.9 Å². The molecule has 0 saturated carbocycles. The van der Waals surface area contributed by atoms with Crippen molar-refractivity contribution in [2.75, 3.05) is 20.2 Å². The van der Waals surface area contributed by atoms with Crippen LogP contribution in [0.1, 0.15) is 38.8 Å². The monoisotopic (exact) mass is 278 g/mol. The van der Waals surface area contributed by atoms with Gasteiger partial charge in [-0.05, 0) is 37.6 Å². The fourth-order valence-corrected chi connectivity index (χ4v) is 1.75. The van der Waals surface area contributed by atoms with Crippen LogP contribution in [0.5, 0.6) is 5.75 Å². The number of nitrogens with one attached hydrogen (secondary N) is 2. The summed E-state index contributed by atoms with van der Waals surface area (Å²) in [6.45, 7) is 7.64. The molecule has 0 radical (unpaired) electrons. The third-order valence-electron chi connectivity index (χ3n) is 2.94. The lowest BCUT2D eigenvalue weighted by Gasteiger charge is -2.15. The van der Waals surface area contributed by atoms with Crippen LogP contribution in [0.4, 0.5) is 0 Å². The molecule has 1 rings (SSSR count). The van der Waals surface area contributed by atoms with E-state index >= 15 is 0 Å². The van der Waals surface area contributed by atoms with Crippen LogP contribution in [0, 0.1) is 5.92 Å². The highest BCUT2D eigenvalue weighted by Crippen LogP contribution is 2.18. The second kappa shape index (κ2) is 8.59. The van der Waals surface area contributed by atoms with Crippen LogP contribution in [0.25, 0.3) is 0 Å². The Balaban J connectivity index is 2.48. The van der Waals surface area contributed by atoms with E-state index in [1.54, 1.807) is 0 Å². The van der Waals surface area contributed by atoms with Gasteiger partial charge in [0.05, 0.1) is 12.6 Å². The molecular formula is C16H26N2O2. The van der Waals surface area contributed by atoms with Gasteiger partial charge in [0.2, 0.25) is 5.91 Å². The minimum atomic E-state index is 0.0125. The first-order valence-corrected chi connectivity index (χ1v) is 7.19. The highest BCUT2D eigenvalue weighted by molar-refractivity contribution is 5.76.